The molecule has 0 unspecified atom stereocenters. The molecule has 37 heavy (non-hydrogen) atoms. The Kier molecular flexibility index (Phi) is 8.37. The molecule has 0 radical (unpaired) electrons. The number of hydrogen-bond donors (Lipinski definition) is 2. The number of nitrogens with zero attached hydrogens (tertiary/aromatic N) is 3. The second kappa shape index (κ2) is 11.9. The topological polar surface area (TPSA) is 88.6 Å². The molecule has 1 saturated carbocycles. The predicted molar refractivity (Wildman–Crippen MR) is 144 cm³/mol. The summed E-state index contributed by atoms with van der Waals surface area (Å²) in [4.78, 5) is 24.6. The summed E-state index contributed by atoms with van der Waals surface area (Å²) in [5, 5.41) is 7.30. The van der Waals surface area contributed by atoms with Gasteiger partial charge in [0.25, 0.3) is 5.91 Å². The van der Waals surface area contributed by atoms with Crippen LogP contribution in [-0.4, -0.2) is 78.9 Å². The largest absolute Gasteiger partial charge is 0.379 e. The number of hydrogen-bond acceptors (Lipinski definition) is 7. The highest BCUT2D eigenvalue weighted by molar-refractivity contribution is 5.94. The molecule has 3 heterocycles. The predicted octanol–water partition coefficient (Wildman–Crippen LogP) is 3.70. The number of ether oxygens (including phenoxy) is 2. The lowest BCUT2D eigenvalue weighted by Gasteiger charge is -2.38. The van der Waals surface area contributed by atoms with Gasteiger partial charge in [0.15, 0.2) is 0 Å². The number of aryl methyl sites for hydroxylation is 1. The Morgan fingerprint density at radius 1 is 1.11 bits per heavy atom. The minimum atomic E-state index is 0.0121. The SMILES string of the molecule is CO[C@@H]1COCC[C@@H]1NC1CCN(C(=O)c2nc(C)nc(NC[C@H]3C[C@H](c4ccccc4)C3)c2C)CC1. The molecule has 3 fully saturated rings. The fourth-order valence-corrected chi connectivity index (χ4v) is 5.99. The van der Waals surface area contributed by atoms with Gasteiger partial charge in [0, 0.05) is 51.0 Å². The maximum atomic E-state index is 13.5. The molecule has 5 rings (SSSR count). The first kappa shape index (κ1) is 26.1. The Balaban J connectivity index is 1.14. The van der Waals surface area contributed by atoms with Crippen molar-refractivity contribution in [2.24, 2.45) is 5.92 Å². The summed E-state index contributed by atoms with van der Waals surface area (Å²) in [7, 11) is 1.75. The van der Waals surface area contributed by atoms with E-state index in [9.17, 15) is 4.79 Å². The average molecular weight is 508 g/mol. The average Bonchev–Trinajstić information content (AvgIpc) is 2.90. The van der Waals surface area contributed by atoms with Crippen molar-refractivity contribution in [3.05, 3.63) is 53.0 Å². The fourth-order valence-electron chi connectivity index (χ4n) is 5.99. The highest BCUT2D eigenvalue weighted by atomic mass is 16.5. The molecule has 1 amide bonds. The molecule has 200 valence electrons. The van der Waals surface area contributed by atoms with Gasteiger partial charge in [0.1, 0.15) is 17.3 Å². The third kappa shape index (κ3) is 6.13. The summed E-state index contributed by atoms with van der Waals surface area (Å²) in [6.07, 6.45) is 5.29. The number of methoxy groups -OCH3 is 1. The Labute approximate surface area is 220 Å². The van der Waals surface area contributed by atoms with Gasteiger partial charge in [-0.3, -0.25) is 4.79 Å². The van der Waals surface area contributed by atoms with Crippen LogP contribution in [-0.2, 0) is 9.47 Å². The lowest BCUT2D eigenvalue weighted by atomic mass is 9.71. The van der Waals surface area contributed by atoms with E-state index in [0.29, 0.717) is 42.0 Å². The van der Waals surface area contributed by atoms with Crippen LogP contribution >= 0.6 is 0 Å². The molecule has 1 aromatic heterocycles. The summed E-state index contributed by atoms with van der Waals surface area (Å²) in [5.41, 5.74) is 2.81. The maximum Gasteiger partial charge on any atom is 0.272 e. The first-order valence-electron chi connectivity index (χ1n) is 13.8. The Morgan fingerprint density at radius 3 is 2.59 bits per heavy atom. The molecular weight excluding hydrogens is 466 g/mol. The Morgan fingerprint density at radius 2 is 1.86 bits per heavy atom. The normalized spacial score (nSPS) is 26.5. The highest BCUT2D eigenvalue weighted by Crippen LogP contribution is 2.41. The van der Waals surface area contributed by atoms with Crippen molar-refractivity contribution in [3.63, 3.8) is 0 Å². The minimum absolute atomic E-state index is 0.0121. The number of likely N-dealkylation sites (tertiary alicyclic amines) is 1. The van der Waals surface area contributed by atoms with Crippen molar-refractivity contribution in [3.8, 4) is 0 Å². The van der Waals surface area contributed by atoms with Crippen molar-refractivity contribution >= 4 is 11.7 Å². The molecule has 3 aliphatic rings. The van der Waals surface area contributed by atoms with Gasteiger partial charge in [-0.2, -0.15) is 0 Å². The maximum absolute atomic E-state index is 13.5. The molecule has 0 spiro atoms. The summed E-state index contributed by atoms with van der Waals surface area (Å²) < 4.78 is 11.1. The molecule has 2 aromatic rings. The molecule has 8 nitrogen and oxygen atoms in total. The zero-order valence-corrected chi connectivity index (χ0v) is 22.4. The number of nitrogens with one attached hydrogen (secondary N) is 2. The molecule has 2 saturated heterocycles. The lowest BCUT2D eigenvalue weighted by molar-refractivity contribution is -0.0533. The number of amides is 1. The highest BCUT2D eigenvalue weighted by Gasteiger charge is 2.32. The van der Waals surface area contributed by atoms with Gasteiger partial charge in [-0.05, 0) is 63.4 Å². The van der Waals surface area contributed by atoms with Crippen molar-refractivity contribution in [1.82, 2.24) is 20.2 Å². The second-order valence-electron chi connectivity index (χ2n) is 10.9. The van der Waals surface area contributed by atoms with E-state index in [1.807, 2.05) is 18.7 Å². The number of carbonyl (C=O) groups is 1. The first-order chi connectivity index (χ1) is 18.0. The van der Waals surface area contributed by atoms with Gasteiger partial charge in [-0.25, -0.2) is 9.97 Å². The zero-order chi connectivity index (χ0) is 25.8. The number of aromatic nitrogens is 2. The van der Waals surface area contributed by atoms with Gasteiger partial charge in [-0.1, -0.05) is 30.3 Å². The fraction of sp³-hybridized carbons (Fsp3) is 0.621. The number of rotatable bonds is 8. The van der Waals surface area contributed by atoms with Crippen LogP contribution in [0, 0.1) is 19.8 Å². The van der Waals surface area contributed by atoms with Gasteiger partial charge in [0.2, 0.25) is 0 Å². The number of anilines is 1. The summed E-state index contributed by atoms with van der Waals surface area (Å²) >= 11 is 0. The van der Waals surface area contributed by atoms with Crippen LogP contribution in [0.3, 0.4) is 0 Å². The van der Waals surface area contributed by atoms with Gasteiger partial charge >= 0.3 is 0 Å². The standard InChI is InChI=1S/C29H41N5O3/c1-19-27(29(35)34-12-9-24(10-13-34)33-25-11-14-37-18-26(25)36-3)31-20(2)32-28(19)30-17-21-15-23(16-21)22-7-5-4-6-8-22/h4-8,21,23-26,33H,9-18H2,1-3H3,(H,30,31,32)/t21-,23-,25-,26+/m0/s1. The van der Waals surface area contributed by atoms with Crippen molar-refractivity contribution in [1.29, 1.82) is 0 Å². The van der Waals surface area contributed by atoms with E-state index in [0.717, 1.165) is 56.9 Å². The van der Waals surface area contributed by atoms with Crippen LogP contribution in [0.4, 0.5) is 5.82 Å². The van der Waals surface area contributed by atoms with E-state index in [4.69, 9.17) is 9.47 Å². The van der Waals surface area contributed by atoms with E-state index in [1.54, 1.807) is 7.11 Å². The van der Waals surface area contributed by atoms with Crippen LogP contribution in [0.15, 0.2) is 30.3 Å². The summed E-state index contributed by atoms with van der Waals surface area (Å²) in [5.74, 6) is 2.72. The third-order valence-corrected chi connectivity index (χ3v) is 8.36. The Hall–Kier alpha value is -2.55. The van der Waals surface area contributed by atoms with Crippen LogP contribution in [0.1, 0.15) is 65.5 Å². The van der Waals surface area contributed by atoms with Crippen LogP contribution in [0.2, 0.25) is 0 Å². The van der Waals surface area contributed by atoms with Crippen LogP contribution in [0.5, 0.6) is 0 Å². The van der Waals surface area contributed by atoms with Crippen molar-refractivity contribution in [2.45, 2.75) is 70.1 Å². The van der Waals surface area contributed by atoms with Crippen LogP contribution in [0.25, 0.3) is 0 Å². The lowest BCUT2D eigenvalue weighted by Crippen LogP contribution is -2.54. The third-order valence-electron chi connectivity index (χ3n) is 8.36. The summed E-state index contributed by atoms with van der Waals surface area (Å²) in [6.45, 7) is 7.57. The number of carbonyl (C=O) groups excluding carboxylic acids is 1. The molecule has 2 N–H and O–H groups in total. The number of piperidine rings is 1. The second-order valence-corrected chi connectivity index (χ2v) is 10.9. The van der Waals surface area contributed by atoms with E-state index in [2.05, 4.69) is 50.9 Å². The molecular formula is C29H41N5O3. The molecule has 8 heteroatoms. The Bertz CT molecular complexity index is 1050. The molecule has 1 aromatic carbocycles. The van der Waals surface area contributed by atoms with Crippen molar-refractivity contribution in [2.75, 3.05) is 45.3 Å². The van der Waals surface area contributed by atoms with Crippen molar-refractivity contribution < 1.29 is 14.3 Å². The van der Waals surface area contributed by atoms with E-state index >= 15 is 0 Å². The summed E-state index contributed by atoms with van der Waals surface area (Å²) in [6, 6.07) is 11.5. The molecule has 1 aliphatic carbocycles. The quantitative estimate of drug-likeness (QED) is 0.563. The minimum Gasteiger partial charge on any atom is -0.379 e. The van der Waals surface area contributed by atoms with Gasteiger partial charge < -0.3 is 25.0 Å². The molecule has 2 aliphatic heterocycles. The van der Waals surface area contributed by atoms with E-state index in [1.165, 1.54) is 18.4 Å². The van der Waals surface area contributed by atoms with Gasteiger partial charge in [0.05, 0.1) is 12.7 Å². The van der Waals surface area contributed by atoms with E-state index in [-0.39, 0.29) is 12.0 Å². The van der Waals surface area contributed by atoms with Gasteiger partial charge in [-0.15, -0.1) is 0 Å². The monoisotopic (exact) mass is 507 g/mol. The first-order valence-corrected chi connectivity index (χ1v) is 13.8. The number of benzene rings is 1. The zero-order valence-electron chi connectivity index (χ0n) is 22.4. The van der Waals surface area contributed by atoms with Crippen LogP contribution < -0.4 is 10.6 Å². The molecule has 0 bridgehead atoms. The van der Waals surface area contributed by atoms with E-state index < -0.39 is 0 Å². The smallest absolute Gasteiger partial charge is 0.272 e. The molecule has 2 atom stereocenters.